The molecule has 0 bridgehead atoms. The lowest BCUT2D eigenvalue weighted by molar-refractivity contribution is -0.129. The first-order valence-electron chi connectivity index (χ1n) is 7.64. The number of para-hydroxylation sites is 1. The van der Waals surface area contributed by atoms with Gasteiger partial charge in [0.25, 0.3) is 0 Å². The summed E-state index contributed by atoms with van der Waals surface area (Å²) in [6, 6.07) is 8.62. The molecular weight excluding hydrogens is 248 g/mol. The summed E-state index contributed by atoms with van der Waals surface area (Å²) in [6.07, 6.45) is 2.27. The number of anilines is 1. The number of likely N-dealkylation sites (tertiary alicyclic amines) is 1. The van der Waals surface area contributed by atoms with Crippen molar-refractivity contribution in [2.24, 2.45) is 5.92 Å². The Hall–Kier alpha value is -1.51. The van der Waals surface area contributed by atoms with Crippen molar-refractivity contribution in [3.05, 3.63) is 29.8 Å². The van der Waals surface area contributed by atoms with Gasteiger partial charge in [-0.15, -0.1) is 0 Å². The van der Waals surface area contributed by atoms with Gasteiger partial charge in [0.2, 0.25) is 5.91 Å². The maximum atomic E-state index is 11.5. The molecule has 0 aromatic heterocycles. The zero-order chi connectivity index (χ0) is 14.3. The second-order valence-electron chi connectivity index (χ2n) is 6.64. The molecule has 3 nitrogen and oxygen atoms in total. The molecule has 1 amide bonds. The molecule has 3 rings (SSSR count). The number of hydrogen-bond acceptors (Lipinski definition) is 2. The predicted octanol–water partition coefficient (Wildman–Crippen LogP) is 3.23. The third-order valence-electron chi connectivity index (χ3n) is 4.91. The topological polar surface area (TPSA) is 32.3 Å². The zero-order valence-electron chi connectivity index (χ0n) is 12.6. The standard InChI is InChI=1S/C17H24N2O/c1-12(2)15-6-4-5-7-16(15)18-17-8-9-19(13(3)20)11-14(17)10-17/h4-7,12,14,18H,8-11H2,1-3H3. The number of nitrogens with zero attached hydrogens (tertiary/aromatic N) is 1. The first kappa shape index (κ1) is 13.5. The van der Waals surface area contributed by atoms with Gasteiger partial charge in [0.1, 0.15) is 0 Å². The Labute approximate surface area is 121 Å². The number of carbonyl (C=O) groups is 1. The zero-order valence-corrected chi connectivity index (χ0v) is 12.6. The smallest absolute Gasteiger partial charge is 0.219 e. The number of hydrogen-bond donors (Lipinski definition) is 1. The lowest BCUT2D eigenvalue weighted by Crippen LogP contribution is -2.43. The molecule has 1 N–H and O–H groups in total. The Kier molecular flexibility index (Phi) is 3.23. The fourth-order valence-electron chi connectivity index (χ4n) is 3.50. The molecule has 1 aromatic carbocycles. The summed E-state index contributed by atoms with van der Waals surface area (Å²) < 4.78 is 0. The van der Waals surface area contributed by atoms with Crippen molar-refractivity contribution < 1.29 is 4.79 Å². The predicted molar refractivity (Wildman–Crippen MR) is 81.9 cm³/mol. The van der Waals surface area contributed by atoms with Crippen LogP contribution in [0.2, 0.25) is 0 Å². The molecule has 1 heterocycles. The van der Waals surface area contributed by atoms with E-state index in [0.717, 1.165) is 19.5 Å². The Morgan fingerprint density at radius 2 is 2.15 bits per heavy atom. The van der Waals surface area contributed by atoms with E-state index in [-0.39, 0.29) is 11.4 Å². The molecule has 2 fully saturated rings. The molecule has 1 saturated heterocycles. The fourth-order valence-corrected chi connectivity index (χ4v) is 3.50. The molecule has 2 aliphatic rings. The normalized spacial score (nSPS) is 28.2. The van der Waals surface area contributed by atoms with E-state index in [9.17, 15) is 4.79 Å². The van der Waals surface area contributed by atoms with Crippen LogP contribution in [0.4, 0.5) is 5.69 Å². The maximum Gasteiger partial charge on any atom is 0.219 e. The summed E-state index contributed by atoms with van der Waals surface area (Å²) in [5.74, 6) is 1.37. The Morgan fingerprint density at radius 1 is 1.40 bits per heavy atom. The van der Waals surface area contributed by atoms with Crippen LogP contribution in [0, 0.1) is 5.92 Å². The lowest BCUT2D eigenvalue weighted by Gasteiger charge is -2.33. The molecule has 0 radical (unpaired) electrons. The van der Waals surface area contributed by atoms with Crippen molar-refractivity contribution in [2.45, 2.75) is 45.1 Å². The summed E-state index contributed by atoms with van der Waals surface area (Å²) in [7, 11) is 0. The van der Waals surface area contributed by atoms with Crippen LogP contribution in [0.5, 0.6) is 0 Å². The van der Waals surface area contributed by atoms with Gasteiger partial charge in [0, 0.05) is 37.2 Å². The highest BCUT2D eigenvalue weighted by molar-refractivity contribution is 5.73. The monoisotopic (exact) mass is 272 g/mol. The van der Waals surface area contributed by atoms with Crippen molar-refractivity contribution in [1.29, 1.82) is 0 Å². The van der Waals surface area contributed by atoms with Crippen molar-refractivity contribution >= 4 is 11.6 Å². The lowest BCUT2D eigenvalue weighted by atomic mass is 9.98. The van der Waals surface area contributed by atoms with Crippen molar-refractivity contribution in [1.82, 2.24) is 4.90 Å². The summed E-state index contributed by atoms with van der Waals surface area (Å²) in [6.45, 7) is 7.97. The number of nitrogens with one attached hydrogen (secondary N) is 1. The van der Waals surface area contributed by atoms with Crippen molar-refractivity contribution in [3.8, 4) is 0 Å². The summed E-state index contributed by atoms with van der Waals surface area (Å²) in [5.41, 5.74) is 2.92. The Morgan fingerprint density at radius 3 is 2.80 bits per heavy atom. The van der Waals surface area contributed by atoms with Gasteiger partial charge < -0.3 is 10.2 Å². The van der Waals surface area contributed by atoms with Crippen LogP contribution in [0.3, 0.4) is 0 Å². The molecule has 1 aromatic rings. The quantitative estimate of drug-likeness (QED) is 0.916. The van der Waals surface area contributed by atoms with Crippen molar-refractivity contribution in [3.63, 3.8) is 0 Å². The van der Waals surface area contributed by atoms with Gasteiger partial charge in [-0.25, -0.2) is 0 Å². The van der Waals surface area contributed by atoms with E-state index in [4.69, 9.17) is 0 Å². The molecule has 2 unspecified atom stereocenters. The van der Waals surface area contributed by atoms with Gasteiger partial charge in [0.15, 0.2) is 0 Å². The second kappa shape index (κ2) is 4.80. The first-order chi connectivity index (χ1) is 9.52. The average molecular weight is 272 g/mol. The summed E-state index contributed by atoms with van der Waals surface area (Å²) >= 11 is 0. The maximum absolute atomic E-state index is 11.5. The van der Waals surface area contributed by atoms with Gasteiger partial charge in [0.05, 0.1) is 0 Å². The minimum absolute atomic E-state index is 0.216. The number of carbonyl (C=O) groups excluding carboxylic acids is 1. The molecular formula is C17H24N2O. The highest BCUT2D eigenvalue weighted by Crippen LogP contribution is 2.52. The van der Waals surface area contributed by atoms with Crippen LogP contribution in [0.1, 0.15) is 45.1 Å². The van der Waals surface area contributed by atoms with Gasteiger partial charge in [-0.2, -0.15) is 0 Å². The SMILES string of the molecule is CC(=O)N1CCC2(Nc3ccccc3C(C)C)CC2C1. The summed E-state index contributed by atoms with van der Waals surface area (Å²) in [4.78, 5) is 13.5. The number of piperidine rings is 1. The summed E-state index contributed by atoms with van der Waals surface area (Å²) in [5, 5.41) is 3.80. The van der Waals surface area contributed by atoms with Crippen LogP contribution in [-0.4, -0.2) is 29.4 Å². The van der Waals surface area contributed by atoms with E-state index in [1.165, 1.54) is 17.7 Å². The van der Waals surface area contributed by atoms with E-state index in [0.29, 0.717) is 11.8 Å². The Balaban J connectivity index is 1.73. The minimum Gasteiger partial charge on any atom is -0.379 e. The third kappa shape index (κ3) is 2.30. The largest absolute Gasteiger partial charge is 0.379 e. The van der Waals surface area contributed by atoms with Crippen LogP contribution < -0.4 is 5.32 Å². The van der Waals surface area contributed by atoms with Gasteiger partial charge in [-0.05, 0) is 30.4 Å². The molecule has 108 valence electrons. The van der Waals surface area contributed by atoms with Crippen LogP contribution in [0.15, 0.2) is 24.3 Å². The van der Waals surface area contributed by atoms with Gasteiger partial charge in [-0.1, -0.05) is 32.0 Å². The Bertz CT molecular complexity index is 525. The first-order valence-corrected chi connectivity index (χ1v) is 7.64. The molecule has 20 heavy (non-hydrogen) atoms. The molecule has 3 heteroatoms. The van der Waals surface area contributed by atoms with Crippen LogP contribution in [0.25, 0.3) is 0 Å². The molecule has 0 spiro atoms. The molecule has 1 aliphatic heterocycles. The van der Waals surface area contributed by atoms with Crippen LogP contribution in [-0.2, 0) is 4.79 Å². The number of benzene rings is 1. The van der Waals surface area contributed by atoms with E-state index in [1.807, 2.05) is 4.90 Å². The molecule has 2 atom stereocenters. The minimum atomic E-state index is 0.216. The van der Waals surface area contributed by atoms with Crippen LogP contribution >= 0.6 is 0 Å². The van der Waals surface area contributed by atoms with E-state index >= 15 is 0 Å². The molecule has 1 saturated carbocycles. The third-order valence-corrected chi connectivity index (χ3v) is 4.91. The highest BCUT2D eigenvalue weighted by atomic mass is 16.2. The van der Waals surface area contributed by atoms with Crippen molar-refractivity contribution in [2.75, 3.05) is 18.4 Å². The fraction of sp³-hybridized carbons (Fsp3) is 0.588. The van der Waals surface area contributed by atoms with E-state index < -0.39 is 0 Å². The second-order valence-corrected chi connectivity index (χ2v) is 6.64. The number of amides is 1. The highest BCUT2D eigenvalue weighted by Gasteiger charge is 2.57. The molecule has 1 aliphatic carbocycles. The number of rotatable bonds is 3. The van der Waals surface area contributed by atoms with Gasteiger partial charge >= 0.3 is 0 Å². The average Bonchev–Trinajstić information content (AvgIpc) is 3.11. The van der Waals surface area contributed by atoms with E-state index in [1.54, 1.807) is 6.92 Å². The van der Waals surface area contributed by atoms with E-state index in [2.05, 4.69) is 43.4 Å². The van der Waals surface area contributed by atoms with Gasteiger partial charge in [-0.3, -0.25) is 4.79 Å². The number of fused-ring (bicyclic) bond motifs is 1.